The molecule has 0 unspecified atom stereocenters. The monoisotopic (exact) mass is 326 g/mol. The molecule has 4 nitrogen and oxygen atoms in total. The average molecular weight is 327 g/mol. The Morgan fingerprint density at radius 1 is 1.21 bits per heavy atom. The van der Waals surface area contributed by atoms with Crippen molar-refractivity contribution >= 4 is 27.7 Å². The Morgan fingerprint density at radius 2 is 1.84 bits per heavy atom. The van der Waals surface area contributed by atoms with Crippen molar-refractivity contribution in [3.63, 3.8) is 0 Å². The summed E-state index contributed by atoms with van der Waals surface area (Å²) in [6.45, 7) is 4.04. The molecule has 1 aromatic rings. The molecule has 0 atom stereocenters. The van der Waals surface area contributed by atoms with Crippen LogP contribution in [0.25, 0.3) is 0 Å². The van der Waals surface area contributed by atoms with E-state index in [0.717, 1.165) is 12.8 Å². The maximum atomic E-state index is 11.9. The zero-order valence-corrected chi connectivity index (χ0v) is 12.8. The first-order chi connectivity index (χ1) is 9.08. The molecular weight excluding hydrogens is 308 g/mol. The molecule has 2 N–H and O–H groups in total. The second-order valence-corrected chi connectivity index (χ2v) is 5.10. The summed E-state index contributed by atoms with van der Waals surface area (Å²) >= 11 is 3.31. The lowest BCUT2D eigenvalue weighted by Gasteiger charge is -2.15. The number of hydrogen-bond acceptors (Lipinski definition) is 2. The van der Waals surface area contributed by atoms with Gasteiger partial charge in [-0.2, -0.15) is 0 Å². The van der Waals surface area contributed by atoms with Crippen molar-refractivity contribution < 1.29 is 9.59 Å². The number of rotatable bonds is 6. The van der Waals surface area contributed by atoms with E-state index in [1.807, 2.05) is 19.9 Å². The highest BCUT2D eigenvalue weighted by atomic mass is 79.9. The van der Waals surface area contributed by atoms with E-state index in [-0.39, 0.29) is 24.4 Å². The Bertz CT molecular complexity index is 445. The van der Waals surface area contributed by atoms with Crippen molar-refractivity contribution in [1.29, 1.82) is 0 Å². The van der Waals surface area contributed by atoms with Gasteiger partial charge in [0.25, 0.3) is 5.91 Å². The zero-order chi connectivity index (χ0) is 14.3. The molecule has 1 aromatic carbocycles. The first kappa shape index (κ1) is 15.7. The molecule has 1 rings (SSSR count). The summed E-state index contributed by atoms with van der Waals surface area (Å²) in [6, 6.07) is 7.29. The Hall–Kier alpha value is -1.36. The Morgan fingerprint density at radius 3 is 2.42 bits per heavy atom. The van der Waals surface area contributed by atoms with Gasteiger partial charge in [-0.3, -0.25) is 9.59 Å². The fourth-order valence-corrected chi connectivity index (χ4v) is 2.14. The van der Waals surface area contributed by atoms with E-state index in [2.05, 4.69) is 26.6 Å². The summed E-state index contributed by atoms with van der Waals surface area (Å²) in [6.07, 6.45) is 1.78. The molecule has 0 spiro atoms. The summed E-state index contributed by atoms with van der Waals surface area (Å²) < 4.78 is 0.716. The first-order valence-electron chi connectivity index (χ1n) is 6.40. The fourth-order valence-electron chi connectivity index (χ4n) is 1.67. The lowest BCUT2D eigenvalue weighted by molar-refractivity contribution is -0.120. The molecule has 104 valence electrons. The van der Waals surface area contributed by atoms with Crippen LogP contribution in [0.5, 0.6) is 0 Å². The van der Waals surface area contributed by atoms with Crippen molar-refractivity contribution in [1.82, 2.24) is 10.6 Å². The highest BCUT2D eigenvalue weighted by Crippen LogP contribution is 2.15. The van der Waals surface area contributed by atoms with Crippen LogP contribution in [0, 0.1) is 0 Å². The predicted octanol–water partition coefficient (Wildman–Crippen LogP) is 2.48. The van der Waals surface area contributed by atoms with Crippen LogP contribution in [0.1, 0.15) is 37.0 Å². The van der Waals surface area contributed by atoms with Crippen LogP contribution in [0.4, 0.5) is 0 Å². The Balaban J connectivity index is 2.47. The molecule has 0 aliphatic rings. The maximum Gasteiger partial charge on any atom is 0.252 e. The van der Waals surface area contributed by atoms with Gasteiger partial charge in [-0.05, 0) is 40.9 Å². The summed E-state index contributed by atoms with van der Waals surface area (Å²) in [5.74, 6) is -0.415. The number of carbonyl (C=O) groups excluding carboxylic acids is 2. The van der Waals surface area contributed by atoms with Crippen molar-refractivity contribution in [2.24, 2.45) is 0 Å². The van der Waals surface area contributed by atoms with E-state index in [1.165, 1.54) is 0 Å². The highest BCUT2D eigenvalue weighted by molar-refractivity contribution is 9.10. The van der Waals surface area contributed by atoms with E-state index in [9.17, 15) is 9.59 Å². The van der Waals surface area contributed by atoms with E-state index in [1.54, 1.807) is 18.2 Å². The molecule has 19 heavy (non-hydrogen) atoms. The normalized spacial score (nSPS) is 10.3. The van der Waals surface area contributed by atoms with E-state index in [0.29, 0.717) is 10.0 Å². The second-order valence-electron chi connectivity index (χ2n) is 4.24. The number of hydrogen-bond donors (Lipinski definition) is 2. The van der Waals surface area contributed by atoms with E-state index < -0.39 is 0 Å². The lowest BCUT2D eigenvalue weighted by Crippen LogP contribution is -2.41. The molecule has 0 fully saturated rings. The Labute approximate surface area is 122 Å². The molecule has 0 bridgehead atoms. The van der Waals surface area contributed by atoms with Gasteiger partial charge in [0.15, 0.2) is 0 Å². The minimum atomic E-state index is -0.257. The summed E-state index contributed by atoms with van der Waals surface area (Å²) in [4.78, 5) is 23.5. The molecule has 0 aliphatic heterocycles. The van der Waals surface area contributed by atoms with Gasteiger partial charge in [0.05, 0.1) is 12.1 Å². The summed E-state index contributed by atoms with van der Waals surface area (Å²) in [5, 5.41) is 5.48. The van der Waals surface area contributed by atoms with Crippen LogP contribution < -0.4 is 10.6 Å². The van der Waals surface area contributed by atoms with Gasteiger partial charge >= 0.3 is 0 Å². The summed E-state index contributed by atoms with van der Waals surface area (Å²) in [7, 11) is 0. The quantitative estimate of drug-likeness (QED) is 0.843. The fraction of sp³-hybridized carbons (Fsp3) is 0.429. The van der Waals surface area contributed by atoms with Crippen LogP contribution in [-0.2, 0) is 4.79 Å². The van der Waals surface area contributed by atoms with Gasteiger partial charge in [0.1, 0.15) is 0 Å². The van der Waals surface area contributed by atoms with Gasteiger partial charge in [0.2, 0.25) is 5.91 Å². The topological polar surface area (TPSA) is 58.2 Å². The molecule has 0 aliphatic carbocycles. The predicted molar refractivity (Wildman–Crippen MR) is 79.0 cm³/mol. The maximum absolute atomic E-state index is 11.9. The van der Waals surface area contributed by atoms with Crippen LogP contribution in [0.2, 0.25) is 0 Å². The smallest absolute Gasteiger partial charge is 0.252 e. The third kappa shape index (κ3) is 5.03. The molecule has 2 amide bonds. The molecule has 0 heterocycles. The van der Waals surface area contributed by atoms with Gasteiger partial charge in [-0.1, -0.05) is 26.0 Å². The van der Waals surface area contributed by atoms with Gasteiger partial charge in [-0.15, -0.1) is 0 Å². The van der Waals surface area contributed by atoms with Crippen LogP contribution in [-0.4, -0.2) is 24.4 Å². The highest BCUT2D eigenvalue weighted by Gasteiger charge is 2.12. The molecule has 5 heteroatoms. The minimum absolute atomic E-state index is 0.00331. The van der Waals surface area contributed by atoms with Gasteiger partial charge in [0, 0.05) is 10.5 Å². The number of amides is 2. The molecule has 0 saturated carbocycles. The summed E-state index contributed by atoms with van der Waals surface area (Å²) in [5.41, 5.74) is 0.526. The standard InChI is InChI=1S/C14H19BrN2O2/c1-3-10(4-2)17-13(18)9-16-14(19)11-7-5-6-8-12(11)15/h5-8,10H,3-4,9H2,1-2H3,(H,16,19)(H,17,18). The molecule has 0 radical (unpaired) electrons. The first-order valence-corrected chi connectivity index (χ1v) is 7.19. The number of carbonyl (C=O) groups is 2. The number of nitrogens with one attached hydrogen (secondary N) is 2. The molecule has 0 aromatic heterocycles. The third-order valence-electron chi connectivity index (χ3n) is 2.88. The van der Waals surface area contributed by atoms with Crippen LogP contribution in [0.3, 0.4) is 0 Å². The SMILES string of the molecule is CCC(CC)NC(=O)CNC(=O)c1ccccc1Br. The third-order valence-corrected chi connectivity index (χ3v) is 3.57. The minimum Gasteiger partial charge on any atom is -0.352 e. The molecular formula is C14H19BrN2O2. The Kier molecular flexibility index (Phi) is 6.56. The zero-order valence-electron chi connectivity index (χ0n) is 11.2. The van der Waals surface area contributed by atoms with Crippen molar-refractivity contribution in [2.45, 2.75) is 32.7 Å². The average Bonchev–Trinajstić information content (AvgIpc) is 2.42. The lowest BCUT2D eigenvalue weighted by atomic mass is 10.2. The largest absolute Gasteiger partial charge is 0.352 e. The van der Waals surface area contributed by atoms with Crippen molar-refractivity contribution in [2.75, 3.05) is 6.54 Å². The van der Waals surface area contributed by atoms with Crippen LogP contribution in [0.15, 0.2) is 28.7 Å². The van der Waals surface area contributed by atoms with Gasteiger partial charge in [-0.25, -0.2) is 0 Å². The van der Waals surface area contributed by atoms with Crippen LogP contribution >= 0.6 is 15.9 Å². The van der Waals surface area contributed by atoms with E-state index in [4.69, 9.17) is 0 Å². The molecule has 0 saturated heterocycles. The number of halogens is 1. The second kappa shape index (κ2) is 7.94. The van der Waals surface area contributed by atoms with Gasteiger partial charge < -0.3 is 10.6 Å². The van der Waals surface area contributed by atoms with E-state index >= 15 is 0 Å². The van der Waals surface area contributed by atoms with Crippen molar-refractivity contribution in [3.05, 3.63) is 34.3 Å². The number of benzene rings is 1. The van der Waals surface area contributed by atoms with Crippen molar-refractivity contribution in [3.8, 4) is 0 Å².